The molecule has 2 saturated heterocycles. The number of hydrogen-bond acceptors (Lipinski definition) is 2. The fourth-order valence-electron chi connectivity index (χ4n) is 2.67. The lowest BCUT2D eigenvalue weighted by Gasteiger charge is -2.27. The quantitative estimate of drug-likeness (QED) is 0.822. The molecule has 80 valence electrons. The van der Waals surface area contributed by atoms with Crippen molar-refractivity contribution in [1.82, 2.24) is 10.2 Å². The minimum atomic E-state index is 0.738. The van der Waals surface area contributed by atoms with Gasteiger partial charge in [0.05, 0.1) is 0 Å². The summed E-state index contributed by atoms with van der Waals surface area (Å²) in [4.78, 5) is 2.57. The maximum atomic E-state index is 5.87. The van der Waals surface area contributed by atoms with Crippen LogP contribution < -0.4 is 5.32 Å². The Balaban J connectivity index is 1.68. The van der Waals surface area contributed by atoms with Gasteiger partial charge in [0.1, 0.15) is 0 Å². The highest BCUT2D eigenvalue weighted by Crippen LogP contribution is 2.25. The zero-order valence-corrected chi connectivity index (χ0v) is 9.37. The predicted molar refractivity (Wildman–Crippen MR) is 62.1 cm³/mol. The first-order chi connectivity index (χ1) is 7.31. The van der Waals surface area contributed by atoms with Crippen molar-refractivity contribution in [2.45, 2.75) is 25.0 Å². The molecule has 2 aliphatic rings. The molecule has 2 fully saturated rings. The Morgan fingerprint density at radius 1 is 1.33 bits per heavy atom. The van der Waals surface area contributed by atoms with E-state index >= 15 is 0 Å². The second-order valence-corrected chi connectivity index (χ2v) is 4.99. The molecule has 0 aromatic heterocycles. The summed E-state index contributed by atoms with van der Waals surface area (Å²) in [6.07, 6.45) is 1.33. The van der Waals surface area contributed by atoms with E-state index in [0.717, 1.165) is 30.2 Å². The lowest BCUT2D eigenvalue weighted by atomic mass is 10.2. The van der Waals surface area contributed by atoms with Gasteiger partial charge in [-0.1, -0.05) is 23.7 Å². The number of hydrogen-bond donors (Lipinski definition) is 1. The molecule has 0 radical (unpaired) electrons. The smallest absolute Gasteiger partial charge is 0.0406 e. The fraction of sp³-hybridized carbons (Fsp3) is 0.500. The van der Waals surface area contributed by atoms with Crippen molar-refractivity contribution in [3.8, 4) is 0 Å². The van der Waals surface area contributed by atoms with E-state index in [2.05, 4.69) is 22.3 Å². The molecule has 0 amide bonds. The number of piperazine rings is 1. The molecule has 2 atom stereocenters. The monoisotopic (exact) mass is 222 g/mol. The first-order valence-electron chi connectivity index (χ1n) is 5.53. The molecule has 2 nitrogen and oxygen atoms in total. The topological polar surface area (TPSA) is 15.3 Å². The Kier molecular flexibility index (Phi) is 2.43. The summed E-state index contributed by atoms with van der Waals surface area (Å²) < 4.78 is 0. The number of likely N-dealkylation sites (tertiary alicyclic amines) is 1. The summed E-state index contributed by atoms with van der Waals surface area (Å²) in [6.45, 7) is 3.44. The minimum absolute atomic E-state index is 0.738. The number of halogens is 1. The Bertz CT molecular complexity index is 349. The van der Waals surface area contributed by atoms with Crippen molar-refractivity contribution in [2.75, 3.05) is 13.1 Å². The van der Waals surface area contributed by atoms with Crippen molar-refractivity contribution in [2.24, 2.45) is 0 Å². The molecule has 0 saturated carbocycles. The van der Waals surface area contributed by atoms with Crippen LogP contribution in [0.4, 0.5) is 0 Å². The van der Waals surface area contributed by atoms with Crippen LogP contribution >= 0.6 is 11.6 Å². The van der Waals surface area contributed by atoms with E-state index in [-0.39, 0.29) is 0 Å². The Morgan fingerprint density at radius 3 is 2.73 bits per heavy atom. The Morgan fingerprint density at radius 2 is 2.13 bits per heavy atom. The average Bonchev–Trinajstić information content (AvgIpc) is 2.83. The third kappa shape index (κ3) is 1.89. The van der Waals surface area contributed by atoms with E-state index < -0.39 is 0 Å². The van der Waals surface area contributed by atoms with Crippen LogP contribution in [0.5, 0.6) is 0 Å². The summed E-state index contributed by atoms with van der Waals surface area (Å²) >= 11 is 5.87. The molecule has 2 heterocycles. The molecule has 1 aromatic carbocycles. The summed E-state index contributed by atoms with van der Waals surface area (Å²) in [7, 11) is 0. The third-order valence-electron chi connectivity index (χ3n) is 3.47. The largest absolute Gasteiger partial charge is 0.311 e. The van der Waals surface area contributed by atoms with Crippen molar-refractivity contribution in [3.05, 3.63) is 34.9 Å². The van der Waals surface area contributed by atoms with Gasteiger partial charge in [-0.15, -0.1) is 0 Å². The lowest BCUT2D eigenvalue weighted by molar-refractivity contribution is 0.218. The molecule has 15 heavy (non-hydrogen) atoms. The van der Waals surface area contributed by atoms with E-state index in [9.17, 15) is 0 Å². The number of benzene rings is 1. The summed E-state index contributed by atoms with van der Waals surface area (Å²) in [5.74, 6) is 0. The van der Waals surface area contributed by atoms with Crippen LogP contribution in [0.1, 0.15) is 12.0 Å². The number of nitrogens with zero attached hydrogens (tertiary/aromatic N) is 1. The molecule has 1 aromatic rings. The highest BCUT2D eigenvalue weighted by molar-refractivity contribution is 6.30. The van der Waals surface area contributed by atoms with E-state index in [0.29, 0.717) is 0 Å². The van der Waals surface area contributed by atoms with Crippen LogP contribution in [0.25, 0.3) is 0 Å². The average molecular weight is 223 g/mol. The van der Waals surface area contributed by atoms with Gasteiger partial charge in [0.15, 0.2) is 0 Å². The molecule has 3 heteroatoms. The lowest BCUT2D eigenvalue weighted by Crippen LogP contribution is -2.42. The Labute approximate surface area is 95.2 Å². The highest BCUT2D eigenvalue weighted by atomic mass is 35.5. The van der Waals surface area contributed by atoms with Crippen LogP contribution in [0.3, 0.4) is 0 Å². The third-order valence-corrected chi connectivity index (χ3v) is 3.72. The zero-order valence-electron chi connectivity index (χ0n) is 8.62. The minimum Gasteiger partial charge on any atom is -0.311 e. The number of fused-ring (bicyclic) bond motifs is 2. The second kappa shape index (κ2) is 3.78. The van der Waals surface area contributed by atoms with Gasteiger partial charge < -0.3 is 5.32 Å². The normalized spacial score (nSPS) is 29.9. The SMILES string of the molecule is Clc1ccc(CN2CC3CC2CN3)cc1. The van der Waals surface area contributed by atoms with E-state index in [1.54, 1.807) is 0 Å². The molecule has 2 aliphatic heterocycles. The van der Waals surface area contributed by atoms with E-state index in [1.807, 2.05) is 12.1 Å². The summed E-state index contributed by atoms with van der Waals surface area (Å²) in [5.41, 5.74) is 1.37. The van der Waals surface area contributed by atoms with Crippen molar-refractivity contribution < 1.29 is 0 Å². The van der Waals surface area contributed by atoms with Gasteiger partial charge in [0.2, 0.25) is 0 Å². The van der Waals surface area contributed by atoms with Crippen LogP contribution in [-0.2, 0) is 6.54 Å². The molecular formula is C12H15ClN2. The molecule has 2 bridgehead atoms. The highest BCUT2D eigenvalue weighted by Gasteiger charge is 2.36. The number of rotatable bonds is 2. The van der Waals surface area contributed by atoms with Crippen molar-refractivity contribution >= 4 is 11.6 Å². The maximum absolute atomic E-state index is 5.87. The number of nitrogens with one attached hydrogen (secondary N) is 1. The van der Waals surface area contributed by atoms with Gasteiger partial charge in [-0.25, -0.2) is 0 Å². The first kappa shape index (κ1) is 9.64. The van der Waals surface area contributed by atoms with Crippen molar-refractivity contribution in [3.63, 3.8) is 0 Å². The van der Waals surface area contributed by atoms with E-state index in [4.69, 9.17) is 11.6 Å². The summed E-state index contributed by atoms with van der Waals surface area (Å²) in [5, 5.41) is 4.34. The predicted octanol–water partition coefficient (Wildman–Crippen LogP) is 1.89. The fourth-order valence-corrected chi connectivity index (χ4v) is 2.79. The molecule has 0 aliphatic carbocycles. The van der Waals surface area contributed by atoms with Gasteiger partial charge in [0.25, 0.3) is 0 Å². The van der Waals surface area contributed by atoms with Gasteiger partial charge in [-0.05, 0) is 24.1 Å². The second-order valence-electron chi connectivity index (χ2n) is 4.55. The molecule has 0 spiro atoms. The molecule has 2 unspecified atom stereocenters. The van der Waals surface area contributed by atoms with Crippen molar-refractivity contribution in [1.29, 1.82) is 0 Å². The van der Waals surface area contributed by atoms with Gasteiger partial charge in [-0.3, -0.25) is 4.90 Å². The standard InChI is InChI=1S/C12H15ClN2/c13-10-3-1-9(2-4-10)7-15-8-11-5-12(15)6-14-11/h1-4,11-12,14H,5-8H2. The molecular weight excluding hydrogens is 208 g/mol. The van der Waals surface area contributed by atoms with Crippen LogP contribution in [0.15, 0.2) is 24.3 Å². The van der Waals surface area contributed by atoms with Gasteiger partial charge in [0, 0.05) is 36.7 Å². The summed E-state index contributed by atoms with van der Waals surface area (Å²) in [6, 6.07) is 9.70. The first-order valence-corrected chi connectivity index (χ1v) is 5.91. The van der Waals surface area contributed by atoms with Crippen LogP contribution in [0, 0.1) is 0 Å². The van der Waals surface area contributed by atoms with E-state index in [1.165, 1.54) is 18.5 Å². The van der Waals surface area contributed by atoms with Gasteiger partial charge >= 0.3 is 0 Å². The Hall–Kier alpha value is -0.570. The zero-order chi connectivity index (χ0) is 10.3. The maximum Gasteiger partial charge on any atom is 0.0406 e. The van der Waals surface area contributed by atoms with Crippen LogP contribution in [-0.4, -0.2) is 30.1 Å². The van der Waals surface area contributed by atoms with Gasteiger partial charge in [-0.2, -0.15) is 0 Å². The molecule has 3 rings (SSSR count). The van der Waals surface area contributed by atoms with Crippen LogP contribution in [0.2, 0.25) is 5.02 Å². The molecule has 1 N–H and O–H groups in total.